The van der Waals surface area contributed by atoms with Crippen molar-refractivity contribution in [3.05, 3.63) is 42.2 Å². The highest BCUT2D eigenvalue weighted by atomic mass is 32.2. The van der Waals surface area contributed by atoms with Crippen molar-refractivity contribution in [2.24, 2.45) is 0 Å². The first-order valence-corrected chi connectivity index (χ1v) is 11.2. The highest BCUT2D eigenvalue weighted by molar-refractivity contribution is 8.00. The molecule has 3 aromatic rings. The van der Waals surface area contributed by atoms with Gasteiger partial charge in [0.1, 0.15) is 11.6 Å². The third-order valence-electron chi connectivity index (χ3n) is 5.40. The van der Waals surface area contributed by atoms with Gasteiger partial charge >= 0.3 is 0 Å². The molecule has 0 spiro atoms. The van der Waals surface area contributed by atoms with Gasteiger partial charge in [-0.2, -0.15) is 0 Å². The fraction of sp³-hybridized carbons (Fsp3) is 0.348. The van der Waals surface area contributed by atoms with Crippen molar-refractivity contribution in [3.8, 4) is 34.3 Å². The number of halogens is 1. The van der Waals surface area contributed by atoms with E-state index in [2.05, 4.69) is 10.2 Å². The monoisotopic (exact) mass is 457 g/mol. The van der Waals surface area contributed by atoms with E-state index in [-0.39, 0.29) is 11.0 Å². The van der Waals surface area contributed by atoms with E-state index in [1.165, 1.54) is 39.2 Å². The van der Waals surface area contributed by atoms with E-state index in [1.807, 2.05) is 0 Å². The number of ether oxygens (including phenoxy) is 3. The van der Waals surface area contributed by atoms with Crippen molar-refractivity contribution in [1.29, 1.82) is 0 Å². The molecule has 1 heterocycles. The summed E-state index contributed by atoms with van der Waals surface area (Å²) in [7, 11) is 4.58. The molecule has 0 aliphatic heterocycles. The van der Waals surface area contributed by atoms with Gasteiger partial charge in [-0.05, 0) is 37.1 Å². The molecular weight excluding hydrogens is 433 g/mol. The number of Topliss-reactive ketones (excluding diaryl/α,β-unsaturated/α-hetero) is 1. The van der Waals surface area contributed by atoms with Crippen molar-refractivity contribution in [3.63, 3.8) is 0 Å². The molecule has 2 aromatic carbocycles. The number of aromatic nitrogens is 3. The van der Waals surface area contributed by atoms with Gasteiger partial charge in [0.2, 0.25) is 5.75 Å². The maximum absolute atomic E-state index is 14.9. The minimum atomic E-state index is -0.419. The largest absolute Gasteiger partial charge is 0.493 e. The molecule has 168 valence electrons. The number of hydrogen-bond donors (Lipinski definition) is 0. The normalized spacial score (nSPS) is 16.1. The van der Waals surface area contributed by atoms with Crippen LogP contribution in [0.1, 0.15) is 25.7 Å². The van der Waals surface area contributed by atoms with Gasteiger partial charge in [-0.25, -0.2) is 4.39 Å². The zero-order chi connectivity index (χ0) is 22.7. The van der Waals surface area contributed by atoms with E-state index in [9.17, 15) is 9.18 Å². The summed E-state index contributed by atoms with van der Waals surface area (Å²) >= 11 is 1.33. The van der Waals surface area contributed by atoms with Gasteiger partial charge in [-0.15, -0.1) is 10.2 Å². The zero-order valence-electron chi connectivity index (χ0n) is 18.1. The highest BCUT2D eigenvalue weighted by Gasteiger charge is 2.28. The Balaban J connectivity index is 1.87. The maximum Gasteiger partial charge on any atom is 0.203 e. The molecular formula is C23H24FN3O4S. The van der Waals surface area contributed by atoms with Crippen LogP contribution in [0.15, 0.2) is 41.6 Å². The first-order chi connectivity index (χ1) is 15.6. The molecule has 1 aromatic heterocycles. The van der Waals surface area contributed by atoms with Crippen molar-refractivity contribution in [2.75, 3.05) is 21.3 Å². The lowest BCUT2D eigenvalue weighted by Gasteiger charge is -2.20. The lowest BCUT2D eigenvalue weighted by atomic mass is 9.99. The summed E-state index contributed by atoms with van der Waals surface area (Å²) in [5.74, 6) is 1.51. The molecule has 1 saturated carbocycles. The Morgan fingerprint density at radius 1 is 1.03 bits per heavy atom. The molecule has 1 aliphatic carbocycles. The third-order valence-corrected chi connectivity index (χ3v) is 6.65. The van der Waals surface area contributed by atoms with Crippen LogP contribution in [-0.2, 0) is 4.79 Å². The number of hydrogen-bond acceptors (Lipinski definition) is 7. The Hall–Kier alpha value is -3.07. The summed E-state index contributed by atoms with van der Waals surface area (Å²) in [6.45, 7) is 0. The highest BCUT2D eigenvalue weighted by Crippen LogP contribution is 2.42. The number of methoxy groups -OCH3 is 3. The molecule has 1 fully saturated rings. The first kappa shape index (κ1) is 22.1. The molecule has 9 heteroatoms. The van der Waals surface area contributed by atoms with Crippen LogP contribution in [0.3, 0.4) is 0 Å². The number of carbonyl (C=O) groups is 1. The van der Waals surface area contributed by atoms with Crippen LogP contribution in [-0.4, -0.2) is 47.1 Å². The second kappa shape index (κ2) is 9.60. The number of benzene rings is 2. The maximum atomic E-state index is 14.9. The zero-order valence-corrected chi connectivity index (χ0v) is 18.9. The molecule has 1 aliphatic rings. The van der Waals surface area contributed by atoms with Crippen molar-refractivity contribution in [1.82, 2.24) is 14.8 Å². The molecule has 0 amide bonds. The predicted molar refractivity (Wildman–Crippen MR) is 120 cm³/mol. The van der Waals surface area contributed by atoms with Crippen LogP contribution in [0.2, 0.25) is 0 Å². The van der Waals surface area contributed by atoms with Gasteiger partial charge in [0.05, 0.1) is 32.3 Å². The van der Waals surface area contributed by atoms with Gasteiger partial charge in [0, 0.05) is 12.0 Å². The summed E-state index contributed by atoms with van der Waals surface area (Å²) in [6.07, 6.45) is 3.22. The Labute approximate surface area is 189 Å². The molecule has 1 unspecified atom stereocenters. The van der Waals surface area contributed by atoms with Crippen LogP contribution >= 0.6 is 11.8 Å². The molecule has 0 N–H and O–H groups in total. The van der Waals surface area contributed by atoms with Crippen LogP contribution < -0.4 is 14.2 Å². The molecule has 32 heavy (non-hydrogen) atoms. The van der Waals surface area contributed by atoms with Gasteiger partial charge in [0.25, 0.3) is 0 Å². The van der Waals surface area contributed by atoms with E-state index in [1.54, 1.807) is 34.9 Å². The van der Waals surface area contributed by atoms with Crippen molar-refractivity contribution >= 4 is 17.5 Å². The van der Waals surface area contributed by atoms with Gasteiger partial charge in [0.15, 0.2) is 22.5 Å². The fourth-order valence-electron chi connectivity index (χ4n) is 3.80. The van der Waals surface area contributed by atoms with Crippen molar-refractivity contribution < 1.29 is 23.4 Å². The number of carbonyl (C=O) groups excluding carboxylic acids is 1. The lowest BCUT2D eigenvalue weighted by Crippen LogP contribution is -2.21. The summed E-state index contributed by atoms with van der Waals surface area (Å²) < 4.78 is 32.9. The fourth-order valence-corrected chi connectivity index (χ4v) is 4.96. The Bertz CT molecular complexity index is 1110. The minimum absolute atomic E-state index is 0.193. The van der Waals surface area contributed by atoms with Crippen LogP contribution in [0, 0.1) is 5.82 Å². The summed E-state index contributed by atoms with van der Waals surface area (Å²) in [5, 5.41) is 8.94. The standard InChI is InChI=1S/C23H24FN3O4S/c1-29-18-12-14(13-19(30-2)21(18)31-3)22-25-26-23(32-20-11-7-6-10-17(20)28)27(22)16-9-5-4-8-15(16)24/h4-5,8-9,12-13,20H,6-7,10-11H2,1-3H3. The topological polar surface area (TPSA) is 75.5 Å². The Morgan fingerprint density at radius 2 is 1.75 bits per heavy atom. The molecule has 7 nitrogen and oxygen atoms in total. The van der Waals surface area contributed by atoms with E-state index in [0.717, 1.165) is 19.3 Å². The number of nitrogens with zero attached hydrogens (tertiary/aromatic N) is 3. The number of ketones is 1. The van der Waals surface area contributed by atoms with E-state index in [0.29, 0.717) is 45.9 Å². The van der Waals surface area contributed by atoms with Crippen LogP contribution in [0.4, 0.5) is 4.39 Å². The Kier molecular flexibility index (Phi) is 6.64. The first-order valence-electron chi connectivity index (χ1n) is 10.3. The summed E-state index contributed by atoms with van der Waals surface area (Å²) in [5.41, 5.74) is 0.907. The van der Waals surface area contributed by atoms with Crippen molar-refractivity contribution in [2.45, 2.75) is 36.1 Å². The number of para-hydroxylation sites is 1. The Morgan fingerprint density at radius 3 is 2.38 bits per heavy atom. The van der Waals surface area contributed by atoms with E-state index >= 15 is 0 Å². The number of thioether (sulfide) groups is 1. The second-order valence-electron chi connectivity index (χ2n) is 7.33. The molecule has 4 rings (SSSR count). The SMILES string of the molecule is COc1cc(-c2nnc(SC3CCCCC3=O)n2-c2ccccc2F)cc(OC)c1OC. The molecule has 0 saturated heterocycles. The van der Waals surface area contributed by atoms with Crippen LogP contribution in [0.25, 0.3) is 17.1 Å². The van der Waals surface area contributed by atoms with Gasteiger partial charge < -0.3 is 14.2 Å². The summed E-state index contributed by atoms with van der Waals surface area (Å²) in [4.78, 5) is 12.4. The van der Waals surface area contributed by atoms with Gasteiger partial charge in [-0.3, -0.25) is 9.36 Å². The quantitative estimate of drug-likeness (QED) is 0.509. The van der Waals surface area contributed by atoms with Crippen LogP contribution in [0.5, 0.6) is 17.2 Å². The molecule has 0 radical (unpaired) electrons. The molecule has 0 bridgehead atoms. The predicted octanol–water partition coefficient (Wildman–Crippen LogP) is 4.70. The average Bonchev–Trinajstić information content (AvgIpc) is 3.23. The average molecular weight is 458 g/mol. The third kappa shape index (κ3) is 4.17. The second-order valence-corrected chi connectivity index (χ2v) is 8.50. The van der Waals surface area contributed by atoms with E-state index < -0.39 is 5.82 Å². The minimum Gasteiger partial charge on any atom is -0.493 e. The number of rotatable bonds is 7. The molecule has 1 atom stereocenters. The smallest absolute Gasteiger partial charge is 0.203 e. The van der Waals surface area contributed by atoms with Gasteiger partial charge in [-0.1, -0.05) is 30.3 Å². The van der Waals surface area contributed by atoms with E-state index in [4.69, 9.17) is 14.2 Å². The lowest BCUT2D eigenvalue weighted by molar-refractivity contribution is -0.119. The summed E-state index contributed by atoms with van der Waals surface area (Å²) in [6, 6.07) is 9.89.